The van der Waals surface area contributed by atoms with Crippen molar-refractivity contribution in [2.45, 2.75) is 6.92 Å². The van der Waals surface area contributed by atoms with E-state index in [4.69, 9.17) is 38.0 Å². The molecule has 0 aromatic rings. The van der Waals surface area contributed by atoms with Gasteiger partial charge < -0.3 is 4.74 Å². The van der Waals surface area contributed by atoms with E-state index in [9.17, 15) is 0 Å². The lowest BCUT2D eigenvalue weighted by molar-refractivity contribution is 0.202. The van der Waals surface area contributed by atoms with Crippen molar-refractivity contribution in [3.05, 3.63) is 12.2 Å². The zero-order valence-corrected chi connectivity index (χ0v) is 8.93. The summed E-state index contributed by atoms with van der Waals surface area (Å²) in [7, 11) is 0. The van der Waals surface area contributed by atoms with E-state index in [1.165, 1.54) is 0 Å². The number of ether oxygens (including phenoxy) is 1. The van der Waals surface area contributed by atoms with Crippen LogP contribution in [-0.4, -0.2) is 18.8 Å². The van der Waals surface area contributed by atoms with Crippen molar-refractivity contribution in [2.75, 3.05) is 12.8 Å². The summed E-state index contributed by atoms with van der Waals surface area (Å²) < 4.78 is 5.03. The van der Waals surface area contributed by atoms with Gasteiger partial charge in [0.25, 0.3) is 0 Å². The number of rotatable bonds is 4. The first-order valence-electron chi connectivity index (χ1n) is 2.70. The minimum atomic E-state index is -2.57. The van der Waals surface area contributed by atoms with Crippen molar-refractivity contribution < 1.29 is 4.74 Å². The molecule has 0 aromatic carbocycles. The van der Waals surface area contributed by atoms with Crippen molar-refractivity contribution in [1.82, 2.24) is 0 Å². The van der Waals surface area contributed by atoms with Crippen molar-refractivity contribution in [1.29, 1.82) is 0 Å². The molecule has 0 saturated heterocycles. The van der Waals surface area contributed by atoms with Crippen LogP contribution in [0.4, 0.5) is 0 Å². The molecule has 0 rings (SSSR count). The average molecular weight is 220 g/mol. The lowest BCUT2D eigenvalue weighted by Gasteiger charge is -2.07. The SMILES string of the molecule is C=C(C)COC[Si](Cl)(Cl)Cl. The van der Waals surface area contributed by atoms with Gasteiger partial charge in [-0.25, -0.2) is 0 Å². The summed E-state index contributed by atoms with van der Waals surface area (Å²) in [5.41, 5.74) is 0.934. The Morgan fingerprint density at radius 1 is 1.50 bits per heavy atom. The molecule has 0 saturated carbocycles. The Morgan fingerprint density at radius 2 is 2.00 bits per heavy atom. The third kappa shape index (κ3) is 8.79. The maximum absolute atomic E-state index is 5.53. The first kappa shape index (κ1) is 10.8. The Kier molecular flexibility index (Phi) is 4.99. The highest BCUT2D eigenvalue weighted by atomic mass is 35.8. The molecule has 0 N–H and O–H groups in total. The standard InChI is InChI=1S/C5H9Cl3OSi/c1-5(2)3-9-4-10(6,7)8/h1,3-4H2,2H3. The van der Waals surface area contributed by atoms with Crippen LogP contribution in [0.3, 0.4) is 0 Å². The second-order valence-corrected chi connectivity index (χ2v) is 11.1. The summed E-state index contributed by atoms with van der Waals surface area (Å²) in [6.07, 6.45) is 0.241. The Bertz CT molecular complexity index is 121. The van der Waals surface area contributed by atoms with Gasteiger partial charge in [-0.15, -0.1) is 33.2 Å². The normalized spacial score (nSPS) is 11.6. The maximum Gasteiger partial charge on any atom is 0.366 e. The van der Waals surface area contributed by atoms with E-state index in [2.05, 4.69) is 6.58 Å². The monoisotopic (exact) mass is 218 g/mol. The zero-order valence-electron chi connectivity index (χ0n) is 5.66. The van der Waals surface area contributed by atoms with Gasteiger partial charge in [0.15, 0.2) is 0 Å². The minimum Gasteiger partial charge on any atom is -0.376 e. The van der Waals surface area contributed by atoms with E-state index in [-0.39, 0.29) is 6.23 Å². The molecule has 0 radical (unpaired) electrons. The fourth-order valence-corrected chi connectivity index (χ4v) is 1.37. The van der Waals surface area contributed by atoms with E-state index in [0.717, 1.165) is 5.57 Å². The molecule has 0 atom stereocenters. The van der Waals surface area contributed by atoms with Crippen LogP contribution in [0.2, 0.25) is 0 Å². The van der Waals surface area contributed by atoms with E-state index < -0.39 is 6.00 Å². The first-order valence-corrected chi connectivity index (χ1v) is 7.95. The highest BCUT2D eigenvalue weighted by molar-refractivity contribution is 7.64. The molecule has 0 unspecified atom stereocenters. The Hall–Kier alpha value is 0.787. The smallest absolute Gasteiger partial charge is 0.366 e. The quantitative estimate of drug-likeness (QED) is 0.401. The average Bonchev–Trinajstić information content (AvgIpc) is 1.59. The third-order valence-electron chi connectivity index (χ3n) is 0.614. The number of hydrogen-bond donors (Lipinski definition) is 0. The summed E-state index contributed by atoms with van der Waals surface area (Å²) in [5, 5.41) is 0. The minimum absolute atomic E-state index is 0.241. The van der Waals surface area contributed by atoms with E-state index >= 15 is 0 Å². The molecule has 60 valence electrons. The van der Waals surface area contributed by atoms with Crippen LogP contribution in [0.25, 0.3) is 0 Å². The predicted octanol–water partition coefficient (Wildman–Crippen LogP) is 2.77. The van der Waals surface area contributed by atoms with Crippen LogP contribution in [0, 0.1) is 0 Å². The Morgan fingerprint density at radius 3 is 2.30 bits per heavy atom. The van der Waals surface area contributed by atoms with Crippen LogP contribution in [-0.2, 0) is 4.74 Å². The summed E-state index contributed by atoms with van der Waals surface area (Å²) in [5.74, 6) is 0. The molecule has 5 heteroatoms. The van der Waals surface area contributed by atoms with Crippen LogP contribution in [0.1, 0.15) is 6.92 Å². The fourth-order valence-electron chi connectivity index (χ4n) is 0.341. The van der Waals surface area contributed by atoms with Crippen LogP contribution >= 0.6 is 33.2 Å². The van der Waals surface area contributed by atoms with Crippen LogP contribution in [0.5, 0.6) is 0 Å². The molecule has 0 aliphatic heterocycles. The first-order chi connectivity index (χ1) is 4.42. The van der Waals surface area contributed by atoms with Gasteiger partial charge in [0.05, 0.1) is 12.8 Å². The lowest BCUT2D eigenvalue weighted by atomic mass is 10.4. The Labute approximate surface area is 76.0 Å². The predicted molar refractivity (Wildman–Crippen MR) is 48.9 cm³/mol. The molecule has 0 fully saturated rings. The molecule has 0 heterocycles. The summed E-state index contributed by atoms with van der Waals surface area (Å²) in [6.45, 7) is 5.97. The highest BCUT2D eigenvalue weighted by Crippen LogP contribution is 2.19. The van der Waals surface area contributed by atoms with Gasteiger partial charge >= 0.3 is 6.00 Å². The van der Waals surface area contributed by atoms with Gasteiger partial charge in [0, 0.05) is 0 Å². The van der Waals surface area contributed by atoms with E-state index in [0.29, 0.717) is 6.61 Å². The van der Waals surface area contributed by atoms with Crippen molar-refractivity contribution in [2.24, 2.45) is 0 Å². The fraction of sp³-hybridized carbons (Fsp3) is 0.600. The molecule has 10 heavy (non-hydrogen) atoms. The molecule has 1 nitrogen and oxygen atoms in total. The van der Waals surface area contributed by atoms with Crippen molar-refractivity contribution in [3.8, 4) is 0 Å². The Balaban J connectivity index is 3.29. The van der Waals surface area contributed by atoms with Gasteiger partial charge in [-0.2, -0.15) is 0 Å². The highest BCUT2D eigenvalue weighted by Gasteiger charge is 2.24. The van der Waals surface area contributed by atoms with Gasteiger partial charge in [-0.05, 0) is 6.92 Å². The van der Waals surface area contributed by atoms with Crippen molar-refractivity contribution >= 4 is 39.2 Å². The number of hydrogen-bond acceptors (Lipinski definition) is 1. The second-order valence-electron chi connectivity index (χ2n) is 2.07. The van der Waals surface area contributed by atoms with E-state index in [1.54, 1.807) is 0 Å². The van der Waals surface area contributed by atoms with Crippen molar-refractivity contribution in [3.63, 3.8) is 0 Å². The molecular formula is C5H9Cl3OSi. The third-order valence-corrected chi connectivity index (χ3v) is 2.13. The zero-order chi connectivity index (χ0) is 8.20. The summed E-state index contributed by atoms with van der Waals surface area (Å²) in [4.78, 5) is 0. The van der Waals surface area contributed by atoms with Gasteiger partial charge in [-0.3, -0.25) is 0 Å². The molecule has 0 spiro atoms. The summed E-state index contributed by atoms with van der Waals surface area (Å²) >= 11 is 16.6. The van der Waals surface area contributed by atoms with Gasteiger partial charge in [-0.1, -0.05) is 12.2 Å². The maximum atomic E-state index is 5.53. The second kappa shape index (κ2) is 4.62. The number of halogens is 3. The van der Waals surface area contributed by atoms with Gasteiger partial charge in [0.2, 0.25) is 0 Å². The topological polar surface area (TPSA) is 9.23 Å². The van der Waals surface area contributed by atoms with Crippen LogP contribution < -0.4 is 0 Å². The molecule has 0 aliphatic rings. The summed E-state index contributed by atoms with van der Waals surface area (Å²) in [6, 6.07) is -2.57. The molecule has 0 amide bonds. The molecule has 0 bridgehead atoms. The van der Waals surface area contributed by atoms with E-state index in [1.807, 2.05) is 6.92 Å². The molecule has 0 aromatic heterocycles. The van der Waals surface area contributed by atoms with Gasteiger partial charge in [0.1, 0.15) is 0 Å². The molecule has 0 aliphatic carbocycles. The lowest BCUT2D eigenvalue weighted by Crippen LogP contribution is -2.20. The van der Waals surface area contributed by atoms with Crippen LogP contribution in [0.15, 0.2) is 12.2 Å². The largest absolute Gasteiger partial charge is 0.376 e. The molecular weight excluding hydrogens is 210 g/mol.